The van der Waals surface area contributed by atoms with E-state index in [1.807, 2.05) is 30.1 Å². The topological polar surface area (TPSA) is 77.2 Å². The number of unbranched alkanes of at least 4 members (excludes halogenated alkanes) is 2. The van der Waals surface area contributed by atoms with Gasteiger partial charge in [0.05, 0.1) is 29.1 Å². The van der Waals surface area contributed by atoms with Crippen LogP contribution in [-0.4, -0.2) is 35.2 Å². The molecule has 1 aliphatic carbocycles. The molecule has 2 unspecified atom stereocenters. The zero-order valence-corrected chi connectivity index (χ0v) is 20.8. The standard InChI is InChI=1S/C27H31N3O2.C3H4/c1-4-7-8-9-10-20(18-28)15-23(6-3)32-24-16-27(17-24)14-13-22-11-12-25(21(5-2)19-29)30(22)26(27)31;1-3-2/h3-5,10,13-15,19,22,24-25,29H,1,7-9,11-12,16-17H2,2H3;1H,2H3/b20-10-,21-5+,23-15+,29-19?;. The van der Waals surface area contributed by atoms with Gasteiger partial charge in [0.15, 0.2) is 5.76 Å². The van der Waals surface area contributed by atoms with Gasteiger partial charge in [-0.25, -0.2) is 0 Å². The Hall–Kier alpha value is -3.75. The zero-order valence-electron chi connectivity index (χ0n) is 20.8. The molecule has 1 amide bonds. The molecule has 2 fully saturated rings. The zero-order chi connectivity index (χ0) is 25.8. The number of amides is 1. The number of fused-ring (bicyclic) bond motifs is 1. The monoisotopic (exact) mass is 469 g/mol. The summed E-state index contributed by atoms with van der Waals surface area (Å²) in [5.41, 5.74) is 0.820. The molecule has 1 saturated heterocycles. The maximum absolute atomic E-state index is 13.5. The van der Waals surface area contributed by atoms with Gasteiger partial charge >= 0.3 is 0 Å². The minimum absolute atomic E-state index is 0.0256. The summed E-state index contributed by atoms with van der Waals surface area (Å²) in [4.78, 5) is 15.4. The molecular formula is C30H35N3O2. The molecule has 5 nitrogen and oxygen atoms in total. The van der Waals surface area contributed by atoms with Crippen molar-refractivity contribution in [1.82, 2.24) is 4.90 Å². The minimum atomic E-state index is -0.553. The van der Waals surface area contributed by atoms with Gasteiger partial charge < -0.3 is 15.0 Å². The van der Waals surface area contributed by atoms with Crippen molar-refractivity contribution in [1.29, 1.82) is 10.7 Å². The number of carbonyl (C=O) groups is 1. The van der Waals surface area contributed by atoms with E-state index in [0.717, 1.165) is 37.7 Å². The third kappa shape index (κ3) is 6.44. The smallest absolute Gasteiger partial charge is 0.233 e. The largest absolute Gasteiger partial charge is 0.482 e. The number of carbonyl (C=O) groups excluding carboxylic acids is 1. The first-order valence-corrected chi connectivity index (χ1v) is 12.1. The highest BCUT2D eigenvalue weighted by Gasteiger charge is 2.56. The Morgan fingerprint density at radius 2 is 2.09 bits per heavy atom. The Morgan fingerprint density at radius 1 is 1.37 bits per heavy atom. The van der Waals surface area contributed by atoms with E-state index < -0.39 is 5.41 Å². The van der Waals surface area contributed by atoms with E-state index in [0.29, 0.717) is 24.2 Å². The summed E-state index contributed by atoms with van der Waals surface area (Å²) in [5.74, 6) is 5.23. The van der Waals surface area contributed by atoms with E-state index in [-0.39, 0.29) is 24.1 Å². The number of hydrogen-bond donors (Lipinski definition) is 1. The second kappa shape index (κ2) is 13.2. The number of rotatable bonds is 9. The normalized spacial score (nSPS) is 27.4. The van der Waals surface area contributed by atoms with Crippen molar-refractivity contribution in [2.75, 3.05) is 0 Å². The van der Waals surface area contributed by atoms with Crippen molar-refractivity contribution in [3.05, 3.63) is 59.9 Å². The summed E-state index contributed by atoms with van der Waals surface area (Å²) in [5, 5.41) is 17.1. The van der Waals surface area contributed by atoms with Crippen LogP contribution in [0, 0.1) is 46.8 Å². The molecule has 35 heavy (non-hydrogen) atoms. The Kier molecular flexibility index (Phi) is 10.4. The quantitative estimate of drug-likeness (QED) is 0.0903. The van der Waals surface area contributed by atoms with Crippen LogP contribution in [-0.2, 0) is 9.53 Å². The van der Waals surface area contributed by atoms with Crippen LogP contribution in [0.3, 0.4) is 0 Å². The number of ether oxygens (including phenoxy) is 1. The molecule has 3 aliphatic rings. The van der Waals surface area contributed by atoms with Gasteiger partial charge in [0.1, 0.15) is 6.10 Å². The Balaban J connectivity index is 0.00000137. The molecular weight excluding hydrogens is 434 g/mol. The van der Waals surface area contributed by atoms with Crippen LogP contribution in [0.25, 0.3) is 0 Å². The van der Waals surface area contributed by atoms with Crippen LogP contribution in [0.5, 0.6) is 0 Å². The van der Waals surface area contributed by atoms with E-state index in [9.17, 15) is 10.1 Å². The first-order valence-electron chi connectivity index (χ1n) is 12.1. The lowest BCUT2D eigenvalue weighted by molar-refractivity contribution is -0.154. The predicted octanol–water partition coefficient (Wildman–Crippen LogP) is 5.64. The highest BCUT2D eigenvalue weighted by Crippen LogP contribution is 2.51. The molecule has 0 aromatic heterocycles. The minimum Gasteiger partial charge on any atom is -0.482 e. The molecule has 0 radical (unpaired) electrons. The summed E-state index contributed by atoms with van der Waals surface area (Å²) in [7, 11) is 0. The van der Waals surface area contributed by atoms with Crippen molar-refractivity contribution in [3.63, 3.8) is 0 Å². The van der Waals surface area contributed by atoms with Gasteiger partial charge in [-0.05, 0) is 57.4 Å². The van der Waals surface area contributed by atoms with E-state index in [1.165, 1.54) is 6.21 Å². The lowest BCUT2D eigenvalue weighted by atomic mass is 9.64. The fourth-order valence-electron chi connectivity index (χ4n) is 4.88. The summed E-state index contributed by atoms with van der Waals surface area (Å²) in [6, 6.07) is 2.24. The maximum atomic E-state index is 13.5. The molecule has 2 heterocycles. The molecule has 5 heteroatoms. The molecule has 0 aromatic carbocycles. The van der Waals surface area contributed by atoms with Gasteiger partial charge in [-0.3, -0.25) is 4.79 Å². The van der Waals surface area contributed by atoms with Crippen LogP contribution >= 0.6 is 0 Å². The van der Waals surface area contributed by atoms with E-state index in [4.69, 9.17) is 16.6 Å². The van der Waals surface area contributed by atoms with E-state index >= 15 is 0 Å². The van der Waals surface area contributed by atoms with Crippen LogP contribution < -0.4 is 0 Å². The van der Waals surface area contributed by atoms with E-state index in [1.54, 1.807) is 13.0 Å². The Morgan fingerprint density at radius 3 is 2.66 bits per heavy atom. The highest BCUT2D eigenvalue weighted by molar-refractivity contribution is 5.90. The van der Waals surface area contributed by atoms with Gasteiger partial charge in [-0.15, -0.1) is 25.3 Å². The Labute approximate surface area is 210 Å². The van der Waals surface area contributed by atoms with Gasteiger partial charge in [0.2, 0.25) is 5.91 Å². The average molecular weight is 470 g/mol. The molecule has 2 atom stereocenters. The number of nitrogens with one attached hydrogen (secondary N) is 1. The molecule has 1 N–H and O–H groups in total. The summed E-state index contributed by atoms with van der Waals surface area (Å²) < 4.78 is 5.96. The molecule has 182 valence electrons. The van der Waals surface area contributed by atoms with Crippen LogP contribution in [0.4, 0.5) is 0 Å². The summed E-state index contributed by atoms with van der Waals surface area (Å²) in [6.45, 7) is 7.27. The second-order valence-electron chi connectivity index (χ2n) is 8.90. The maximum Gasteiger partial charge on any atom is 0.233 e. The average Bonchev–Trinajstić information content (AvgIpc) is 3.26. The second-order valence-corrected chi connectivity index (χ2v) is 8.90. The summed E-state index contributed by atoms with van der Waals surface area (Å²) >= 11 is 0. The van der Waals surface area contributed by atoms with Gasteiger partial charge in [-0.2, -0.15) is 5.26 Å². The highest BCUT2D eigenvalue weighted by atomic mass is 16.5. The molecule has 0 aromatic rings. The van der Waals surface area contributed by atoms with Crippen molar-refractivity contribution < 1.29 is 9.53 Å². The first-order chi connectivity index (χ1) is 16.9. The van der Waals surface area contributed by atoms with Crippen molar-refractivity contribution in [2.24, 2.45) is 5.41 Å². The lowest BCUT2D eigenvalue weighted by Crippen LogP contribution is -2.58. The first kappa shape index (κ1) is 27.5. The lowest BCUT2D eigenvalue weighted by Gasteiger charge is -2.50. The fraction of sp³-hybridized carbons (Fsp3) is 0.433. The van der Waals surface area contributed by atoms with Crippen molar-refractivity contribution in [2.45, 2.75) is 77.0 Å². The van der Waals surface area contributed by atoms with Gasteiger partial charge in [0.25, 0.3) is 0 Å². The van der Waals surface area contributed by atoms with Crippen LogP contribution in [0.1, 0.15) is 58.8 Å². The molecule has 0 bridgehead atoms. The number of hydrogen-bond acceptors (Lipinski definition) is 4. The summed E-state index contributed by atoms with van der Waals surface area (Å²) in [6.07, 6.45) is 28.4. The number of nitrogens with zero attached hydrogens (tertiary/aromatic N) is 2. The van der Waals surface area contributed by atoms with Crippen LogP contribution in [0.2, 0.25) is 0 Å². The third-order valence-corrected chi connectivity index (χ3v) is 6.62. The van der Waals surface area contributed by atoms with Crippen molar-refractivity contribution in [3.8, 4) is 30.8 Å². The van der Waals surface area contributed by atoms with Crippen molar-refractivity contribution >= 4 is 12.1 Å². The number of allylic oxidation sites excluding steroid dienone is 6. The van der Waals surface area contributed by atoms with Gasteiger partial charge in [0, 0.05) is 25.1 Å². The third-order valence-electron chi connectivity index (χ3n) is 6.62. The van der Waals surface area contributed by atoms with E-state index in [2.05, 4.69) is 43.1 Å². The molecule has 1 spiro atoms. The number of terminal acetylenes is 2. The Bertz CT molecular complexity index is 1050. The molecule has 3 rings (SSSR count). The van der Waals surface area contributed by atoms with Crippen LogP contribution in [0.15, 0.2) is 59.9 Å². The molecule has 1 saturated carbocycles. The van der Waals surface area contributed by atoms with Gasteiger partial charge in [-0.1, -0.05) is 30.4 Å². The predicted molar refractivity (Wildman–Crippen MR) is 141 cm³/mol. The number of nitriles is 1. The SMILES string of the molecule is C#C/C(=C\C(C#N)=C\CCCC=C)OC1CC2(C=CC3CCC(/C(C=N)=C/C)N3C2=O)C1.C#CC. The molecule has 2 aliphatic heterocycles. The fourth-order valence-corrected chi connectivity index (χ4v) is 4.88.